The van der Waals surface area contributed by atoms with Crippen molar-refractivity contribution in [1.82, 2.24) is 0 Å². The van der Waals surface area contributed by atoms with E-state index in [1.54, 1.807) is 31.2 Å². The maximum absolute atomic E-state index is 9.50. The monoisotopic (exact) mass is 174 g/mol. The van der Waals surface area contributed by atoms with Gasteiger partial charge in [0.15, 0.2) is 0 Å². The number of phenolic OH excluding ortho intramolecular Hbond substituents is 2. The van der Waals surface area contributed by atoms with Crippen molar-refractivity contribution in [3.05, 3.63) is 35.9 Å². The highest BCUT2D eigenvalue weighted by atomic mass is 16.3. The van der Waals surface area contributed by atoms with E-state index in [2.05, 4.69) is 0 Å². The van der Waals surface area contributed by atoms with Gasteiger partial charge in [-0.1, -0.05) is 12.1 Å². The molecule has 0 amide bonds. The van der Waals surface area contributed by atoms with Crippen molar-refractivity contribution < 1.29 is 10.2 Å². The summed E-state index contributed by atoms with van der Waals surface area (Å²) in [6, 6.07) is 8.68. The Morgan fingerprint density at radius 1 is 1.00 bits per heavy atom. The Balaban J connectivity index is 2.89. The van der Waals surface area contributed by atoms with Gasteiger partial charge in [-0.15, -0.1) is 0 Å². The van der Waals surface area contributed by atoms with Gasteiger partial charge in [0.2, 0.25) is 0 Å². The van der Waals surface area contributed by atoms with E-state index in [4.69, 9.17) is 0 Å². The minimum atomic E-state index is 0.251. The van der Waals surface area contributed by atoms with E-state index in [0.29, 0.717) is 0 Å². The predicted molar refractivity (Wildman–Crippen MR) is 52.0 cm³/mol. The molecule has 66 valence electrons. The fraction of sp³-hybridized carbons (Fsp3) is 0.0909. The fourth-order valence-electron chi connectivity index (χ4n) is 1.41. The van der Waals surface area contributed by atoms with Gasteiger partial charge in [-0.05, 0) is 36.1 Å². The molecule has 0 unspecified atom stereocenters. The SMILES string of the molecule is Cc1cc2c(O)cccc2cc1O. The molecule has 0 aliphatic heterocycles. The number of rotatable bonds is 0. The number of aromatic hydroxyl groups is 2. The molecule has 0 saturated heterocycles. The molecule has 2 heteroatoms. The second kappa shape index (κ2) is 2.66. The molecule has 0 aromatic heterocycles. The summed E-state index contributed by atoms with van der Waals surface area (Å²) in [4.78, 5) is 0. The first-order chi connectivity index (χ1) is 6.18. The number of fused-ring (bicyclic) bond motifs is 1. The number of benzene rings is 2. The molecule has 0 saturated carbocycles. The lowest BCUT2D eigenvalue weighted by Gasteiger charge is -2.03. The van der Waals surface area contributed by atoms with Crippen LogP contribution in [-0.4, -0.2) is 10.2 Å². The fourth-order valence-corrected chi connectivity index (χ4v) is 1.41. The van der Waals surface area contributed by atoms with Gasteiger partial charge in [-0.25, -0.2) is 0 Å². The third-order valence-electron chi connectivity index (χ3n) is 2.17. The Morgan fingerprint density at radius 3 is 2.54 bits per heavy atom. The Kier molecular flexibility index (Phi) is 1.62. The summed E-state index contributed by atoms with van der Waals surface area (Å²) in [6.07, 6.45) is 0. The molecule has 2 rings (SSSR count). The highest BCUT2D eigenvalue weighted by Gasteiger charge is 2.02. The van der Waals surface area contributed by atoms with E-state index in [-0.39, 0.29) is 11.5 Å². The average Bonchev–Trinajstić information content (AvgIpc) is 2.09. The number of aryl methyl sites for hydroxylation is 1. The maximum atomic E-state index is 9.50. The molecule has 0 atom stereocenters. The third-order valence-corrected chi connectivity index (χ3v) is 2.17. The van der Waals surface area contributed by atoms with Gasteiger partial charge in [0.1, 0.15) is 11.5 Å². The summed E-state index contributed by atoms with van der Waals surface area (Å²) in [5.41, 5.74) is 0.772. The quantitative estimate of drug-likeness (QED) is 0.644. The standard InChI is InChI=1S/C11H10O2/c1-7-5-9-8(6-11(7)13)3-2-4-10(9)12/h2-6,12-13H,1H3. The van der Waals surface area contributed by atoms with Crippen molar-refractivity contribution >= 4 is 10.8 Å². The molecule has 0 fully saturated rings. The van der Waals surface area contributed by atoms with Crippen LogP contribution in [0.25, 0.3) is 10.8 Å². The topological polar surface area (TPSA) is 40.5 Å². The molecular weight excluding hydrogens is 164 g/mol. The largest absolute Gasteiger partial charge is 0.508 e. The second-order valence-corrected chi connectivity index (χ2v) is 3.14. The molecule has 2 aromatic carbocycles. The molecule has 0 bridgehead atoms. The van der Waals surface area contributed by atoms with Crippen LogP contribution < -0.4 is 0 Å². The number of hydrogen-bond acceptors (Lipinski definition) is 2. The van der Waals surface area contributed by atoms with Crippen molar-refractivity contribution in [3.8, 4) is 11.5 Å². The first-order valence-electron chi connectivity index (χ1n) is 4.10. The summed E-state index contributed by atoms with van der Waals surface area (Å²) in [5.74, 6) is 0.513. The lowest BCUT2D eigenvalue weighted by molar-refractivity contribution is 0.471. The lowest BCUT2D eigenvalue weighted by atomic mass is 10.1. The molecule has 2 nitrogen and oxygen atoms in total. The van der Waals surface area contributed by atoms with Crippen LogP contribution in [0.15, 0.2) is 30.3 Å². The molecule has 0 spiro atoms. The maximum Gasteiger partial charge on any atom is 0.123 e. The zero-order valence-electron chi connectivity index (χ0n) is 7.28. The van der Waals surface area contributed by atoms with E-state index >= 15 is 0 Å². The van der Waals surface area contributed by atoms with Crippen LogP contribution >= 0.6 is 0 Å². The van der Waals surface area contributed by atoms with Gasteiger partial charge in [-0.2, -0.15) is 0 Å². The van der Waals surface area contributed by atoms with Crippen molar-refractivity contribution in [3.63, 3.8) is 0 Å². The summed E-state index contributed by atoms with van der Waals surface area (Å²) in [7, 11) is 0. The minimum absolute atomic E-state index is 0.251. The molecule has 13 heavy (non-hydrogen) atoms. The van der Waals surface area contributed by atoms with Crippen LogP contribution in [0.4, 0.5) is 0 Å². The van der Waals surface area contributed by atoms with Crippen LogP contribution in [-0.2, 0) is 0 Å². The van der Waals surface area contributed by atoms with E-state index < -0.39 is 0 Å². The molecule has 0 radical (unpaired) electrons. The summed E-state index contributed by atoms with van der Waals surface area (Å²) < 4.78 is 0. The van der Waals surface area contributed by atoms with Crippen molar-refractivity contribution in [2.45, 2.75) is 6.92 Å². The second-order valence-electron chi connectivity index (χ2n) is 3.14. The van der Waals surface area contributed by atoms with Gasteiger partial charge < -0.3 is 10.2 Å². The predicted octanol–water partition coefficient (Wildman–Crippen LogP) is 2.56. The molecule has 2 aromatic rings. The summed E-state index contributed by atoms with van der Waals surface area (Å²) >= 11 is 0. The van der Waals surface area contributed by atoms with Gasteiger partial charge in [0.05, 0.1) is 0 Å². The van der Waals surface area contributed by atoms with Crippen LogP contribution in [0.2, 0.25) is 0 Å². The third kappa shape index (κ3) is 1.20. The Hall–Kier alpha value is -1.70. The first-order valence-corrected chi connectivity index (χ1v) is 4.10. The van der Waals surface area contributed by atoms with Crippen LogP contribution in [0.3, 0.4) is 0 Å². The number of hydrogen-bond donors (Lipinski definition) is 2. The summed E-state index contributed by atoms with van der Waals surface area (Å²) in [6.45, 7) is 1.81. The van der Waals surface area contributed by atoms with E-state index in [0.717, 1.165) is 16.3 Å². The van der Waals surface area contributed by atoms with Gasteiger partial charge in [0.25, 0.3) is 0 Å². The van der Waals surface area contributed by atoms with E-state index in [9.17, 15) is 10.2 Å². The van der Waals surface area contributed by atoms with Crippen molar-refractivity contribution in [2.75, 3.05) is 0 Å². The zero-order valence-corrected chi connectivity index (χ0v) is 7.28. The van der Waals surface area contributed by atoms with Crippen molar-refractivity contribution in [1.29, 1.82) is 0 Å². The Bertz CT molecular complexity index is 461. The average molecular weight is 174 g/mol. The van der Waals surface area contributed by atoms with Crippen LogP contribution in [0.1, 0.15) is 5.56 Å². The first kappa shape index (κ1) is 7.92. The lowest BCUT2D eigenvalue weighted by Crippen LogP contribution is -1.78. The van der Waals surface area contributed by atoms with Crippen molar-refractivity contribution in [2.24, 2.45) is 0 Å². The minimum Gasteiger partial charge on any atom is -0.508 e. The Labute approximate surface area is 76.1 Å². The molecular formula is C11H10O2. The van der Waals surface area contributed by atoms with E-state index in [1.165, 1.54) is 0 Å². The normalized spacial score (nSPS) is 10.5. The molecule has 2 N–H and O–H groups in total. The number of phenols is 2. The molecule has 0 aliphatic carbocycles. The highest BCUT2D eigenvalue weighted by Crippen LogP contribution is 2.29. The highest BCUT2D eigenvalue weighted by molar-refractivity contribution is 5.89. The van der Waals surface area contributed by atoms with E-state index in [1.807, 2.05) is 6.07 Å². The zero-order chi connectivity index (χ0) is 9.42. The summed E-state index contributed by atoms with van der Waals surface area (Å²) in [5, 5.41) is 20.6. The van der Waals surface area contributed by atoms with Crippen LogP contribution in [0.5, 0.6) is 11.5 Å². The van der Waals surface area contributed by atoms with Crippen LogP contribution in [0, 0.1) is 6.92 Å². The van der Waals surface area contributed by atoms with Gasteiger partial charge in [-0.3, -0.25) is 0 Å². The smallest absolute Gasteiger partial charge is 0.123 e. The van der Waals surface area contributed by atoms with Gasteiger partial charge >= 0.3 is 0 Å². The Morgan fingerprint density at radius 2 is 1.77 bits per heavy atom. The molecule has 0 heterocycles. The molecule has 0 aliphatic rings. The van der Waals surface area contributed by atoms with Gasteiger partial charge in [0, 0.05) is 5.39 Å².